The number of hydrogen-bond acceptors (Lipinski definition) is 17. The number of unbranched alkanes of at least 4 members (excludes halogenated alkanes) is 1. The van der Waals surface area contributed by atoms with Crippen molar-refractivity contribution >= 4 is 116 Å². The molecule has 29 heteroatoms. The van der Waals surface area contributed by atoms with Crippen LogP contribution in [0.1, 0.15) is 97.3 Å². The highest BCUT2D eigenvalue weighted by Gasteiger charge is 2.34. The molecule has 0 atom stereocenters. The summed E-state index contributed by atoms with van der Waals surface area (Å²) in [6.07, 6.45) is 11.7. The van der Waals surface area contributed by atoms with Gasteiger partial charge in [-0.25, -0.2) is 0 Å². The van der Waals surface area contributed by atoms with E-state index >= 15 is 0 Å². The second kappa shape index (κ2) is 51.3. The van der Waals surface area contributed by atoms with Gasteiger partial charge in [-0.05, 0) is 163 Å². The first-order chi connectivity index (χ1) is 70.4. The Morgan fingerprint density at radius 1 is 0.264 bits per heavy atom. The third-order valence-electron chi connectivity index (χ3n) is 29.3. The van der Waals surface area contributed by atoms with Crippen molar-refractivity contribution in [3.63, 3.8) is 0 Å². The Labute approximate surface area is 871 Å². The predicted molar refractivity (Wildman–Crippen MR) is 590 cm³/mol. The number of amides is 4. The molecule has 0 bridgehead atoms. The molecule has 0 saturated carbocycles. The van der Waals surface area contributed by atoms with E-state index in [1.165, 1.54) is 45.0 Å². The van der Waals surface area contributed by atoms with E-state index in [9.17, 15) is 19.2 Å². The third-order valence-corrected chi connectivity index (χ3v) is 30.6. The lowest BCUT2D eigenvalue weighted by Gasteiger charge is -2.36. The molecular weight excluding hydrogens is 1880 g/mol. The molecule has 0 spiro atoms. The van der Waals surface area contributed by atoms with Crippen LogP contribution in [0.2, 0.25) is 20.1 Å². The van der Waals surface area contributed by atoms with Crippen LogP contribution >= 0.6 is 46.4 Å². The van der Waals surface area contributed by atoms with Gasteiger partial charge in [-0.15, -0.1) is 0 Å². The number of anilines is 8. The maximum Gasteiger partial charge on any atom is 0.270 e. The van der Waals surface area contributed by atoms with Gasteiger partial charge >= 0.3 is 0 Å². The van der Waals surface area contributed by atoms with Crippen molar-refractivity contribution in [2.24, 2.45) is 7.05 Å². The van der Waals surface area contributed by atoms with Crippen LogP contribution < -0.4 is 39.2 Å². The van der Waals surface area contributed by atoms with Crippen molar-refractivity contribution in [2.75, 3.05) is 262 Å². The molecule has 0 aliphatic carbocycles. The Bertz CT molecular complexity index is 6060. The lowest BCUT2D eigenvalue weighted by molar-refractivity contribution is 0.0727. The summed E-state index contributed by atoms with van der Waals surface area (Å²) in [4.78, 5) is 90.7. The summed E-state index contributed by atoms with van der Waals surface area (Å²) in [5.41, 5.74) is 17.4. The lowest BCUT2D eigenvalue weighted by atomic mass is 10.2. The first-order valence-electron chi connectivity index (χ1n) is 51.9. The van der Waals surface area contributed by atoms with Crippen LogP contribution in [0.3, 0.4) is 0 Å². The fraction of sp³-hybridized carbons (Fsp3) is 0.409. The molecule has 12 heterocycles. The number of ether oxygens (including phenoxy) is 1. The Kier molecular flexibility index (Phi) is 36.9. The number of benzene rings is 8. The van der Waals surface area contributed by atoms with Gasteiger partial charge in [-0.3, -0.25) is 38.8 Å². The minimum absolute atomic E-state index is 0.130. The SMILES string of the molecule is CCCCn1cc(CN2CCN(c3ccccc3Cl)CC2)cc1C(=O)N1CCN(c2ccccc2)CC1.CCn1cc(CN2CCN(c3ccccc3Cl)CC2)cc1C(=O)N1CCN(c2ccccc2)CC1.COCCCn1cc(CN2CCN(c3ccccc3Cl)CC2)cc1C(=O)N1CCN(c2ccccc2)CC1.Cn1cc(CN2CCN(c3ccccc3Cl)CC2)cc1C(=O)N1CCN(c2ccccc2)CC1. The molecule has 4 amide bonds. The molecule has 0 unspecified atom stereocenters. The van der Waals surface area contributed by atoms with E-state index in [4.69, 9.17) is 51.1 Å². The maximum atomic E-state index is 13.7. The molecule has 8 aliphatic heterocycles. The molecule has 0 radical (unpaired) electrons. The van der Waals surface area contributed by atoms with Crippen molar-refractivity contribution < 1.29 is 23.9 Å². The summed E-state index contributed by atoms with van der Waals surface area (Å²) < 4.78 is 13.7. The minimum atomic E-state index is 0.130. The van der Waals surface area contributed by atoms with Gasteiger partial charge < -0.3 is 81.8 Å². The number of hydrogen-bond donors (Lipinski definition) is 0. The number of nitrogens with zero attached hydrogens (tertiary/aromatic N) is 20. The minimum Gasteiger partial charge on any atom is -0.385 e. The molecule has 8 fully saturated rings. The van der Waals surface area contributed by atoms with Gasteiger partial charge in [0.2, 0.25) is 0 Å². The first kappa shape index (κ1) is 104. The van der Waals surface area contributed by atoms with Crippen LogP contribution in [0.15, 0.2) is 267 Å². The van der Waals surface area contributed by atoms with E-state index in [1.54, 1.807) is 7.11 Å². The Morgan fingerprint density at radius 3 is 0.757 bits per heavy atom. The highest BCUT2D eigenvalue weighted by molar-refractivity contribution is 6.34. The summed E-state index contributed by atoms with van der Waals surface area (Å²) >= 11 is 25.6. The van der Waals surface area contributed by atoms with E-state index in [0.29, 0.717) is 6.61 Å². The number of carbonyl (C=O) groups excluding carboxylic acids is 4. The Balaban J connectivity index is 0.000000132. The number of aromatic nitrogens is 4. The molecular formula is C115H142Cl4N20O5. The van der Waals surface area contributed by atoms with Crippen molar-refractivity contribution in [3.05, 3.63) is 333 Å². The van der Waals surface area contributed by atoms with Gasteiger partial charge in [0.05, 0.1) is 42.8 Å². The smallest absolute Gasteiger partial charge is 0.270 e. The molecule has 144 heavy (non-hydrogen) atoms. The predicted octanol–water partition coefficient (Wildman–Crippen LogP) is 18.1. The van der Waals surface area contributed by atoms with E-state index in [1.807, 2.05) is 128 Å². The molecule has 8 saturated heterocycles. The summed E-state index contributed by atoms with van der Waals surface area (Å²) in [5.74, 6) is 0.572. The average molecular weight is 2030 g/mol. The zero-order chi connectivity index (χ0) is 99.6. The number of aryl methyl sites for hydroxylation is 4. The summed E-state index contributed by atoms with van der Waals surface area (Å²) in [5, 5.41) is 3.25. The largest absolute Gasteiger partial charge is 0.385 e. The zero-order valence-electron chi connectivity index (χ0n) is 84.3. The van der Waals surface area contributed by atoms with E-state index in [0.717, 1.165) is 340 Å². The van der Waals surface area contributed by atoms with Crippen LogP contribution in [-0.2, 0) is 57.6 Å². The van der Waals surface area contributed by atoms with Crippen LogP contribution in [0.25, 0.3) is 0 Å². The fourth-order valence-electron chi connectivity index (χ4n) is 21.1. The van der Waals surface area contributed by atoms with Gasteiger partial charge in [0, 0.05) is 324 Å². The summed E-state index contributed by atoms with van der Waals surface area (Å²) in [6.45, 7) is 39.2. The third kappa shape index (κ3) is 27.1. The molecule has 8 aliphatic rings. The Morgan fingerprint density at radius 2 is 0.493 bits per heavy atom. The lowest BCUT2D eigenvalue weighted by Crippen LogP contribution is -2.49. The Hall–Kier alpha value is -11.9. The number of carbonyl (C=O) groups is 4. The van der Waals surface area contributed by atoms with Crippen LogP contribution in [0, 0.1) is 0 Å². The van der Waals surface area contributed by atoms with E-state index in [-0.39, 0.29) is 23.6 Å². The topological polar surface area (TPSA) is 149 Å². The normalized spacial score (nSPS) is 17.0. The molecule has 8 aromatic carbocycles. The van der Waals surface area contributed by atoms with Crippen molar-refractivity contribution in [1.82, 2.24) is 57.5 Å². The highest BCUT2D eigenvalue weighted by Crippen LogP contribution is 2.34. The van der Waals surface area contributed by atoms with Gasteiger partial charge in [0.1, 0.15) is 22.8 Å². The first-order valence-corrected chi connectivity index (χ1v) is 53.4. The highest BCUT2D eigenvalue weighted by atomic mass is 35.5. The van der Waals surface area contributed by atoms with Crippen molar-refractivity contribution in [3.8, 4) is 0 Å². The number of rotatable bonds is 28. The number of halogens is 4. The fourth-order valence-corrected chi connectivity index (χ4v) is 22.1. The standard InChI is InChI=1S/C30H38ClN5O2.C30H38ClN5O.C28H34ClN5O.C27H32ClN5O/c1-38-21-7-12-36-24-25(23-32-13-15-34(16-14-32)28-11-6-5-10-27(28)31)22-29(36)30(37)35-19-17-33(18-20-35)26-8-3-2-4-9-26;1-2-3-13-36-24-25(23-32-14-16-34(17-15-32)28-12-8-7-11-27(28)31)22-29(36)30(37)35-20-18-33(19-21-35)26-9-5-4-6-10-26;1-2-31-22-23(21-30-12-14-33(15-13-30)26-11-7-6-10-25(26)29)20-27(31)28(35)34-18-16-32(17-19-34)24-8-4-3-5-9-24;1-29-20-22(21-30-11-13-32(14-12-30)25-10-6-5-9-24(25)28)19-26(29)27(34)33-17-15-31(16-18-33)23-7-3-2-4-8-23/h2-6,8-11,22,24H,7,12-21,23H2,1H3;4-12,22,24H,2-3,13-21,23H2,1H3;3-11,20,22H,2,12-19,21H2,1H3;2-10,19-20H,11-18,21H2,1H3. The maximum absolute atomic E-state index is 13.7. The van der Waals surface area contributed by atoms with Gasteiger partial charge in [-0.2, -0.15) is 0 Å². The summed E-state index contributed by atoms with van der Waals surface area (Å²) in [7, 11) is 3.70. The van der Waals surface area contributed by atoms with Crippen molar-refractivity contribution in [1.29, 1.82) is 0 Å². The van der Waals surface area contributed by atoms with Crippen LogP contribution in [0.5, 0.6) is 0 Å². The van der Waals surface area contributed by atoms with Gasteiger partial charge in [0.15, 0.2) is 0 Å². The number of piperazine rings is 8. The average Bonchev–Trinajstić information content (AvgIpc) is 1.67. The second-order valence-electron chi connectivity index (χ2n) is 38.7. The summed E-state index contributed by atoms with van der Waals surface area (Å²) in [6, 6.07) is 82.5. The monoisotopic (exact) mass is 2020 g/mol. The quantitative estimate of drug-likeness (QED) is 0.0428. The molecule has 25 nitrogen and oxygen atoms in total. The molecule has 0 N–H and O–H groups in total. The molecule has 12 aromatic rings. The van der Waals surface area contributed by atoms with Gasteiger partial charge in [0.25, 0.3) is 23.6 Å². The van der Waals surface area contributed by atoms with Gasteiger partial charge in [-0.1, -0.05) is 181 Å². The molecule has 760 valence electrons. The zero-order valence-corrected chi connectivity index (χ0v) is 87.3. The second-order valence-corrected chi connectivity index (χ2v) is 40.4. The van der Waals surface area contributed by atoms with Crippen LogP contribution in [-0.4, -0.2) is 304 Å². The molecule has 4 aromatic heterocycles. The molecule has 20 rings (SSSR count). The number of methoxy groups -OCH3 is 1. The van der Waals surface area contributed by atoms with E-state index < -0.39 is 0 Å². The van der Waals surface area contributed by atoms with E-state index in [2.05, 4.69) is 257 Å². The number of para-hydroxylation sites is 8. The van der Waals surface area contributed by atoms with Crippen LogP contribution in [0.4, 0.5) is 45.5 Å². The van der Waals surface area contributed by atoms with Crippen molar-refractivity contribution in [2.45, 2.75) is 78.9 Å².